The molecule has 0 spiro atoms. The number of ether oxygens (including phenoxy) is 1. The number of amides is 2. The lowest BCUT2D eigenvalue weighted by Crippen LogP contribution is -2.42. The molecule has 0 saturated carbocycles. The number of carbonyl (C=O) groups excluding carboxylic acids is 1. The van der Waals surface area contributed by atoms with Gasteiger partial charge in [0, 0.05) is 30.3 Å². The molecule has 2 amide bonds. The first kappa shape index (κ1) is 17.3. The molecule has 8 heteroatoms. The molecule has 2 aliphatic rings. The van der Waals surface area contributed by atoms with Crippen molar-refractivity contribution in [1.29, 1.82) is 0 Å². The van der Waals surface area contributed by atoms with Crippen LogP contribution in [0.3, 0.4) is 0 Å². The third-order valence-electron chi connectivity index (χ3n) is 4.83. The molecule has 2 aromatic rings. The van der Waals surface area contributed by atoms with Gasteiger partial charge in [0.15, 0.2) is 0 Å². The lowest BCUT2D eigenvalue weighted by Gasteiger charge is -2.23. The molecule has 2 fully saturated rings. The van der Waals surface area contributed by atoms with E-state index < -0.39 is 0 Å². The number of carbonyl (C=O) groups is 1. The zero-order valence-electron chi connectivity index (χ0n) is 14.4. The van der Waals surface area contributed by atoms with Crippen LogP contribution in [0.25, 0.3) is 11.4 Å². The average molecular weight is 377 g/mol. The Labute approximate surface area is 156 Å². The topological polar surface area (TPSA) is 80.5 Å². The van der Waals surface area contributed by atoms with Crippen molar-refractivity contribution in [3.05, 3.63) is 35.2 Å². The van der Waals surface area contributed by atoms with Crippen LogP contribution in [0.4, 0.5) is 4.79 Å². The highest BCUT2D eigenvalue weighted by molar-refractivity contribution is 6.30. The van der Waals surface area contributed by atoms with E-state index in [1.54, 1.807) is 17.0 Å². The van der Waals surface area contributed by atoms with Crippen LogP contribution in [-0.2, 0) is 4.74 Å². The summed E-state index contributed by atoms with van der Waals surface area (Å²) in [7, 11) is 0. The van der Waals surface area contributed by atoms with E-state index in [0.717, 1.165) is 37.9 Å². The largest absolute Gasteiger partial charge is 0.376 e. The van der Waals surface area contributed by atoms with E-state index in [-0.39, 0.29) is 18.2 Å². The van der Waals surface area contributed by atoms with E-state index in [2.05, 4.69) is 15.5 Å². The van der Waals surface area contributed by atoms with Crippen molar-refractivity contribution in [2.24, 2.45) is 0 Å². The molecule has 3 heterocycles. The lowest BCUT2D eigenvalue weighted by atomic mass is 10.2. The first-order valence-corrected chi connectivity index (χ1v) is 9.34. The molecule has 1 N–H and O–H groups in total. The number of aromatic nitrogens is 2. The molecule has 0 bridgehead atoms. The van der Waals surface area contributed by atoms with Crippen LogP contribution in [-0.4, -0.2) is 46.9 Å². The van der Waals surface area contributed by atoms with E-state index in [1.807, 2.05) is 12.1 Å². The zero-order valence-corrected chi connectivity index (χ0v) is 15.1. The number of nitrogens with one attached hydrogen (secondary N) is 1. The van der Waals surface area contributed by atoms with Crippen molar-refractivity contribution in [3.8, 4) is 11.4 Å². The van der Waals surface area contributed by atoms with Gasteiger partial charge < -0.3 is 19.5 Å². The second-order valence-electron chi connectivity index (χ2n) is 6.64. The first-order valence-electron chi connectivity index (χ1n) is 8.96. The molecule has 26 heavy (non-hydrogen) atoms. The van der Waals surface area contributed by atoms with Gasteiger partial charge >= 0.3 is 6.03 Å². The van der Waals surface area contributed by atoms with Gasteiger partial charge in [-0.2, -0.15) is 4.98 Å². The Hall–Kier alpha value is -2.12. The molecule has 1 aromatic heterocycles. The van der Waals surface area contributed by atoms with Crippen LogP contribution in [0.5, 0.6) is 0 Å². The van der Waals surface area contributed by atoms with Crippen molar-refractivity contribution in [1.82, 2.24) is 20.4 Å². The fourth-order valence-corrected chi connectivity index (χ4v) is 3.68. The number of rotatable bonds is 4. The highest BCUT2D eigenvalue weighted by Crippen LogP contribution is 2.32. The molecular weight excluding hydrogens is 356 g/mol. The number of hydrogen-bond acceptors (Lipinski definition) is 5. The number of urea groups is 1. The third kappa shape index (κ3) is 3.68. The van der Waals surface area contributed by atoms with Gasteiger partial charge in [0.25, 0.3) is 0 Å². The molecule has 2 aliphatic heterocycles. The van der Waals surface area contributed by atoms with Crippen molar-refractivity contribution in [3.63, 3.8) is 0 Å². The minimum absolute atomic E-state index is 0.106. The Morgan fingerprint density at radius 3 is 3.08 bits per heavy atom. The molecule has 1 aromatic carbocycles. The zero-order chi connectivity index (χ0) is 17.9. The van der Waals surface area contributed by atoms with Crippen LogP contribution < -0.4 is 5.32 Å². The lowest BCUT2D eigenvalue weighted by molar-refractivity contribution is 0.108. The molecule has 0 aliphatic carbocycles. The first-order chi connectivity index (χ1) is 12.7. The number of nitrogens with zero attached hydrogens (tertiary/aromatic N) is 3. The Bertz CT molecular complexity index is 775. The molecule has 7 nitrogen and oxygen atoms in total. The Balaban J connectivity index is 1.43. The molecule has 2 saturated heterocycles. The van der Waals surface area contributed by atoms with Gasteiger partial charge in [0.2, 0.25) is 11.7 Å². The number of halogens is 1. The summed E-state index contributed by atoms with van der Waals surface area (Å²) in [5.74, 6) is 0.943. The third-order valence-corrected chi connectivity index (χ3v) is 5.06. The average Bonchev–Trinajstić information content (AvgIpc) is 3.40. The second kappa shape index (κ2) is 7.63. The van der Waals surface area contributed by atoms with Crippen molar-refractivity contribution < 1.29 is 14.1 Å². The van der Waals surface area contributed by atoms with Crippen LogP contribution in [0, 0.1) is 0 Å². The second-order valence-corrected chi connectivity index (χ2v) is 7.08. The van der Waals surface area contributed by atoms with E-state index in [1.165, 1.54) is 0 Å². The summed E-state index contributed by atoms with van der Waals surface area (Å²) in [4.78, 5) is 18.8. The molecule has 4 rings (SSSR count). The Kier molecular flexibility index (Phi) is 5.08. The van der Waals surface area contributed by atoms with Crippen LogP contribution in [0.2, 0.25) is 5.02 Å². The SMILES string of the molecule is O=C(NC[C@H]1CCCO1)N1CCC[C@H]1c1nc(-c2cccc(Cl)c2)no1. The van der Waals surface area contributed by atoms with Gasteiger partial charge in [-0.1, -0.05) is 28.9 Å². The molecule has 2 atom stereocenters. The van der Waals surface area contributed by atoms with E-state index >= 15 is 0 Å². The van der Waals surface area contributed by atoms with E-state index in [4.69, 9.17) is 20.9 Å². The smallest absolute Gasteiger partial charge is 0.318 e. The fraction of sp³-hybridized carbons (Fsp3) is 0.500. The van der Waals surface area contributed by atoms with Gasteiger partial charge in [-0.15, -0.1) is 0 Å². The van der Waals surface area contributed by atoms with Gasteiger partial charge in [-0.25, -0.2) is 4.79 Å². The minimum atomic E-state index is -0.195. The number of benzene rings is 1. The summed E-state index contributed by atoms with van der Waals surface area (Å²) in [6.45, 7) is 2.00. The Morgan fingerprint density at radius 1 is 1.35 bits per heavy atom. The molecule has 0 unspecified atom stereocenters. The maximum atomic E-state index is 12.6. The highest BCUT2D eigenvalue weighted by atomic mass is 35.5. The standard InChI is InChI=1S/C18H21ClN4O3/c19-13-5-1-4-12(10-13)16-21-17(26-22-16)15-7-2-8-23(15)18(24)20-11-14-6-3-9-25-14/h1,4-5,10,14-15H,2-3,6-9,11H2,(H,20,24)/t14-,15+/m1/s1. The molecular formula is C18H21ClN4O3. The summed E-state index contributed by atoms with van der Waals surface area (Å²) in [6.07, 6.45) is 3.90. The molecule has 138 valence electrons. The van der Waals surface area contributed by atoms with Gasteiger partial charge in [-0.3, -0.25) is 0 Å². The monoisotopic (exact) mass is 376 g/mol. The normalized spacial score (nSPS) is 22.7. The van der Waals surface area contributed by atoms with Gasteiger partial charge in [-0.05, 0) is 37.8 Å². The van der Waals surface area contributed by atoms with Crippen molar-refractivity contribution in [2.45, 2.75) is 37.8 Å². The van der Waals surface area contributed by atoms with Crippen LogP contribution >= 0.6 is 11.6 Å². The fourth-order valence-electron chi connectivity index (χ4n) is 3.49. The molecule has 0 radical (unpaired) electrons. The summed E-state index contributed by atoms with van der Waals surface area (Å²) in [5, 5.41) is 7.63. The predicted molar refractivity (Wildman–Crippen MR) is 95.8 cm³/mol. The number of hydrogen-bond donors (Lipinski definition) is 1. The van der Waals surface area contributed by atoms with Crippen LogP contribution in [0.15, 0.2) is 28.8 Å². The highest BCUT2D eigenvalue weighted by Gasteiger charge is 2.34. The summed E-state index contributed by atoms with van der Waals surface area (Å²) < 4.78 is 11.0. The summed E-state index contributed by atoms with van der Waals surface area (Å²) >= 11 is 6.02. The van der Waals surface area contributed by atoms with Crippen molar-refractivity contribution in [2.75, 3.05) is 19.7 Å². The Morgan fingerprint density at radius 2 is 2.27 bits per heavy atom. The van der Waals surface area contributed by atoms with Gasteiger partial charge in [0.05, 0.1) is 6.10 Å². The summed E-state index contributed by atoms with van der Waals surface area (Å²) in [5.41, 5.74) is 0.792. The predicted octanol–water partition coefficient (Wildman–Crippen LogP) is 3.42. The summed E-state index contributed by atoms with van der Waals surface area (Å²) in [6, 6.07) is 7.00. The van der Waals surface area contributed by atoms with Crippen LogP contribution in [0.1, 0.15) is 37.6 Å². The number of likely N-dealkylation sites (tertiary alicyclic amines) is 1. The maximum absolute atomic E-state index is 12.6. The maximum Gasteiger partial charge on any atom is 0.318 e. The van der Waals surface area contributed by atoms with E-state index in [0.29, 0.717) is 29.8 Å². The van der Waals surface area contributed by atoms with Crippen molar-refractivity contribution >= 4 is 17.6 Å². The van der Waals surface area contributed by atoms with E-state index in [9.17, 15) is 4.79 Å². The van der Waals surface area contributed by atoms with Gasteiger partial charge in [0.1, 0.15) is 6.04 Å². The minimum Gasteiger partial charge on any atom is -0.376 e. The quantitative estimate of drug-likeness (QED) is 0.884.